The Morgan fingerprint density at radius 2 is 1.74 bits per heavy atom. The van der Waals surface area contributed by atoms with Gasteiger partial charge in [0.25, 0.3) is 5.91 Å². The number of carbonyl (C=O) groups is 2. The van der Waals surface area contributed by atoms with Gasteiger partial charge in [-0.3, -0.25) is 9.59 Å². The molecule has 1 saturated heterocycles. The molecule has 0 spiro atoms. The summed E-state index contributed by atoms with van der Waals surface area (Å²) >= 11 is 0. The number of amides is 1. The fraction of sp³-hybridized carbons (Fsp3) is 0.111. The third-order valence-corrected chi connectivity index (χ3v) is 3.54. The number of hydrogen-bond donors (Lipinski definition) is 1. The lowest BCUT2D eigenvalue weighted by atomic mass is 10.1. The number of benzene rings is 2. The third-order valence-electron chi connectivity index (χ3n) is 3.54. The van der Waals surface area contributed by atoms with Crippen molar-refractivity contribution in [3.05, 3.63) is 65.7 Å². The molecule has 1 N–H and O–H groups in total. The zero-order valence-corrected chi connectivity index (χ0v) is 12.5. The summed E-state index contributed by atoms with van der Waals surface area (Å²) in [6, 6.07) is 15.8. The van der Waals surface area contributed by atoms with Crippen LogP contribution in [0.5, 0.6) is 11.5 Å². The van der Waals surface area contributed by atoms with Crippen molar-refractivity contribution in [1.29, 1.82) is 0 Å². The molecular weight excluding hydrogens is 294 g/mol. The molecule has 0 unspecified atom stereocenters. The van der Waals surface area contributed by atoms with Gasteiger partial charge in [0.1, 0.15) is 22.8 Å². The zero-order chi connectivity index (χ0) is 16.4. The molecule has 0 atom stereocenters. The summed E-state index contributed by atoms with van der Waals surface area (Å²) in [5.74, 6) is -0.00855. The molecule has 0 radical (unpaired) electrons. The van der Waals surface area contributed by atoms with E-state index in [0.717, 1.165) is 0 Å². The number of hydrogen-bond acceptors (Lipinski definition) is 4. The minimum atomic E-state index is -0.470. The van der Waals surface area contributed by atoms with E-state index in [-0.39, 0.29) is 23.7 Å². The number of nitrogens with zero attached hydrogens (tertiary/aromatic N) is 1. The van der Waals surface area contributed by atoms with Crippen molar-refractivity contribution in [2.24, 2.45) is 0 Å². The lowest BCUT2D eigenvalue weighted by Gasteiger charge is -2.08. The van der Waals surface area contributed by atoms with Gasteiger partial charge >= 0.3 is 0 Å². The molecule has 5 heteroatoms. The van der Waals surface area contributed by atoms with Crippen LogP contribution in [0.4, 0.5) is 0 Å². The number of para-hydroxylation sites is 1. The SMILES string of the molecule is CN1CC(=O)/C(=C(/O)c2cccc(Oc3ccccc3)c2)C1=O. The first-order chi connectivity index (χ1) is 11.1. The standard InChI is InChI=1S/C18H15NO4/c1-19-11-15(20)16(18(19)22)17(21)12-6-5-9-14(10-12)23-13-7-3-2-4-8-13/h2-10,21H,11H2,1H3/b17-16-. The minimum Gasteiger partial charge on any atom is -0.506 e. The summed E-state index contributed by atoms with van der Waals surface area (Å²) in [4.78, 5) is 25.1. The van der Waals surface area contributed by atoms with Crippen LogP contribution in [0.15, 0.2) is 60.2 Å². The molecule has 2 aromatic rings. The number of likely N-dealkylation sites (N-methyl/N-ethyl adjacent to an activating group) is 1. The van der Waals surface area contributed by atoms with Crippen LogP contribution in [-0.2, 0) is 9.59 Å². The number of ketones is 1. The summed E-state index contributed by atoms with van der Waals surface area (Å²) in [6.45, 7) is -0.0154. The van der Waals surface area contributed by atoms with E-state index in [4.69, 9.17) is 4.74 Å². The summed E-state index contributed by atoms with van der Waals surface area (Å²) < 4.78 is 5.69. The van der Waals surface area contributed by atoms with E-state index >= 15 is 0 Å². The second-order valence-electron chi connectivity index (χ2n) is 5.25. The van der Waals surface area contributed by atoms with Gasteiger partial charge in [-0.05, 0) is 24.3 Å². The summed E-state index contributed by atoms with van der Waals surface area (Å²) in [6.07, 6.45) is 0. The van der Waals surface area contributed by atoms with Gasteiger partial charge in [0, 0.05) is 12.6 Å². The molecule has 1 heterocycles. The monoisotopic (exact) mass is 309 g/mol. The molecule has 1 amide bonds. The molecule has 0 bridgehead atoms. The van der Waals surface area contributed by atoms with Gasteiger partial charge in [0.15, 0.2) is 5.78 Å². The van der Waals surface area contributed by atoms with E-state index in [2.05, 4.69) is 0 Å². The molecule has 1 aliphatic rings. The molecule has 1 aliphatic heterocycles. The van der Waals surface area contributed by atoms with Crippen molar-refractivity contribution in [2.45, 2.75) is 0 Å². The number of likely N-dealkylation sites (tertiary alicyclic amines) is 1. The van der Waals surface area contributed by atoms with Crippen LogP contribution in [-0.4, -0.2) is 35.3 Å². The minimum absolute atomic E-state index is 0.0154. The Morgan fingerprint density at radius 3 is 2.39 bits per heavy atom. The molecular formula is C18H15NO4. The van der Waals surface area contributed by atoms with Crippen LogP contribution in [0.2, 0.25) is 0 Å². The lowest BCUT2D eigenvalue weighted by Crippen LogP contribution is -2.19. The maximum Gasteiger partial charge on any atom is 0.261 e. The highest BCUT2D eigenvalue weighted by Gasteiger charge is 2.34. The second-order valence-corrected chi connectivity index (χ2v) is 5.25. The molecule has 23 heavy (non-hydrogen) atoms. The van der Waals surface area contributed by atoms with Gasteiger partial charge in [-0.25, -0.2) is 0 Å². The molecule has 0 saturated carbocycles. The number of Topliss-reactive ketones (excluding diaryl/α,β-unsaturated/α-hetero) is 1. The maximum atomic E-state index is 12.0. The average molecular weight is 309 g/mol. The van der Waals surface area contributed by atoms with Crippen molar-refractivity contribution >= 4 is 17.4 Å². The smallest absolute Gasteiger partial charge is 0.261 e. The molecule has 3 rings (SSSR count). The van der Waals surface area contributed by atoms with Crippen molar-refractivity contribution < 1.29 is 19.4 Å². The predicted octanol–water partition coefficient (Wildman–Crippen LogP) is 2.79. The van der Waals surface area contributed by atoms with Crippen LogP contribution in [0, 0.1) is 0 Å². The Kier molecular flexibility index (Phi) is 3.85. The van der Waals surface area contributed by atoms with Crippen molar-refractivity contribution in [3.8, 4) is 11.5 Å². The molecule has 0 aliphatic carbocycles. The van der Waals surface area contributed by atoms with Crippen LogP contribution >= 0.6 is 0 Å². The van der Waals surface area contributed by atoms with Gasteiger partial charge in [-0.15, -0.1) is 0 Å². The Morgan fingerprint density at radius 1 is 1.04 bits per heavy atom. The number of aliphatic hydroxyl groups excluding tert-OH is 1. The maximum absolute atomic E-state index is 12.0. The quantitative estimate of drug-likeness (QED) is 0.538. The summed E-state index contributed by atoms with van der Waals surface area (Å²) in [7, 11) is 1.52. The van der Waals surface area contributed by atoms with Gasteiger partial charge in [0.2, 0.25) is 0 Å². The zero-order valence-electron chi connectivity index (χ0n) is 12.5. The topological polar surface area (TPSA) is 66.8 Å². The first-order valence-corrected chi connectivity index (χ1v) is 7.11. The van der Waals surface area contributed by atoms with Gasteiger partial charge in [-0.1, -0.05) is 30.3 Å². The number of rotatable bonds is 3. The Balaban J connectivity index is 1.94. The van der Waals surface area contributed by atoms with E-state index in [1.165, 1.54) is 11.9 Å². The molecule has 2 aromatic carbocycles. The fourth-order valence-electron chi connectivity index (χ4n) is 2.39. The van der Waals surface area contributed by atoms with Crippen LogP contribution in [0.1, 0.15) is 5.56 Å². The third kappa shape index (κ3) is 2.94. The Bertz CT molecular complexity index is 796. The van der Waals surface area contributed by atoms with E-state index in [1.54, 1.807) is 24.3 Å². The molecule has 116 valence electrons. The van der Waals surface area contributed by atoms with Gasteiger partial charge in [0.05, 0.1) is 6.54 Å². The number of carbonyl (C=O) groups excluding carboxylic acids is 2. The van der Waals surface area contributed by atoms with E-state index in [1.807, 2.05) is 30.3 Å². The normalized spacial score (nSPS) is 16.7. The van der Waals surface area contributed by atoms with E-state index in [0.29, 0.717) is 17.1 Å². The molecule has 5 nitrogen and oxygen atoms in total. The van der Waals surface area contributed by atoms with Crippen LogP contribution in [0.25, 0.3) is 5.76 Å². The lowest BCUT2D eigenvalue weighted by molar-refractivity contribution is -0.123. The van der Waals surface area contributed by atoms with Gasteiger partial charge < -0.3 is 14.7 Å². The predicted molar refractivity (Wildman–Crippen MR) is 85.2 cm³/mol. The second kappa shape index (κ2) is 5.96. The number of ether oxygens (including phenoxy) is 1. The van der Waals surface area contributed by atoms with Crippen LogP contribution < -0.4 is 4.74 Å². The van der Waals surface area contributed by atoms with Crippen LogP contribution in [0.3, 0.4) is 0 Å². The van der Waals surface area contributed by atoms with E-state index < -0.39 is 5.91 Å². The first-order valence-electron chi connectivity index (χ1n) is 7.11. The highest BCUT2D eigenvalue weighted by atomic mass is 16.5. The van der Waals surface area contributed by atoms with Gasteiger partial charge in [-0.2, -0.15) is 0 Å². The highest BCUT2D eigenvalue weighted by molar-refractivity contribution is 6.28. The van der Waals surface area contributed by atoms with E-state index in [9.17, 15) is 14.7 Å². The van der Waals surface area contributed by atoms with Crippen molar-refractivity contribution in [3.63, 3.8) is 0 Å². The summed E-state index contributed by atoms with van der Waals surface area (Å²) in [5, 5.41) is 10.3. The largest absolute Gasteiger partial charge is 0.506 e. The molecule has 1 fully saturated rings. The Labute approximate surface area is 133 Å². The average Bonchev–Trinajstić information content (AvgIpc) is 2.80. The molecule has 0 aromatic heterocycles. The summed E-state index contributed by atoms with van der Waals surface area (Å²) in [5.41, 5.74) is 0.190. The highest BCUT2D eigenvalue weighted by Crippen LogP contribution is 2.27. The number of aliphatic hydroxyl groups is 1. The van der Waals surface area contributed by atoms with Crippen molar-refractivity contribution in [1.82, 2.24) is 4.90 Å². The fourth-order valence-corrected chi connectivity index (χ4v) is 2.39. The van der Waals surface area contributed by atoms with Crippen molar-refractivity contribution in [2.75, 3.05) is 13.6 Å². The first kappa shape index (κ1) is 14.8. The Hall–Kier alpha value is -3.08.